The Morgan fingerprint density at radius 1 is 0.309 bits per heavy atom. The van der Waals surface area contributed by atoms with Crippen LogP contribution in [0.2, 0.25) is 0 Å². The number of rotatable bonds is 5. The van der Waals surface area contributed by atoms with Crippen molar-refractivity contribution >= 4 is 54.4 Å². The molecule has 0 amide bonds. The second kappa shape index (κ2) is 12.6. The van der Waals surface area contributed by atoms with E-state index in [1.54, 1.807) is 0 Å². The van der Waals surface area contributed by atoms with Crippen molar-refractivity contribution in [1.82, 2.24) is 14.5 Å². The van der Waals surface area contributed by atoms with E-state index in [0.717, 1.165) is 38.6 Å². The van der Waals surface area contributed by atoms with Crippen molar-refractivity contribution in [2.45, 2.75) is 0 Å². The number of nitrogens with zero attached hydrogens (tertiary/aromatic N) is 3. The molecule has 0 saturated heterocycles. The van der Waals surface area contributed by atoms with E-state index in [1.807, 2.05) is 6.20 Å². The Labute approximate surface area is 318 Å². The fourth-order valence-electron chi connectivity index (χ4n) is 8.34. The predicted molar refractivity (Wildman–Crippen MR) is 231 cm³/mol. The van der Waals surface area contributed by atoms with E-state index in [-0.39, 0.29) is 0 Å². The largest absolute Gasteiger partial charge is 0.309 e. The zero-order valence-electron chi connectivity index (χ0n) is 29.9. The van der Waals surface area contributed by atoms with Gasteiger partial charge in [-0.3, -0.25) is 4.98 Å². The number of fused-ring (bicyclic) bond motifs is 9. The van der Waals surface area contributed by atoms with Crippen LogP contribution in [0.15, 0.2) is 200 Å². The normalized spacial score (nSPS) is 11.6. The lowest BCUT2D eigenvalue weighted by molar-refractivity contribution is 1.18. The third-order valence-electron chi connectivity index (χ3n) is 11.0. The lowest BCUT2D eigenvalue weighted by Crippen LogP contribution is -1.92. The zero-order valence-corrected chi connectivity index (χ0v) is 29.9. The van der Waals surface area contributed by atoms with Crippen LogP contribution in [0, 0.1) is 0 Å². The summed E-state index contributed by atoms with van der Waals surface area (Å²) in [5.74, 6) is 0. The van der Waals surface area contributed by atoms with Crippen molar-refractivity contribution in [2.24, 2.45) is 0 Å². The first kappa shape index (κ1) is 31.2. The molecule has 2 heterocycles. The van der Waals surface area contributed by atoms with E-state index in [2.05, 4.69) is 199 Å². The molecule has 0 aliphatic rings. The summed E-state index contributed by atoms with van der Waals surface area (Å²) in [5.41, 5.74) is 14.5. The first-order valence-electron chi connectivity index (χ1n) is 18.7. The van der Waals surface area contributed by atoms with Crippen LogP contribution in [0.5, 0.6) is 0 Å². The van der Waals surface area contributed by atoms with Gasteiger partial charge in [0.05, 0.1) is 34.0 Å². The minimum Gasteiger partial charge on any atom is -0.309 e. The molecule has 0 unspecified atom stereocenters. The SMILES string of the molecule is c1ccc(-n2c3ccccc3c3cc(-c4cccc(-c5ccc(-c6ccc(-c7cnc8c9ccccc9c9ccccc9c8n7)cc6)cc5)c4)ccc32)cc1. The van der Waals surface area contributed by atoms with E-state index in [0.29, 0.717) is 0 Å². The lowest BCUT2D eigenvalue weighted by atomic mass is 9.96. The Kier molecular flexibility index (Phi) is 7.17. The van der Waals surface area contributed by atoms with E-state index in [9.17, 15) is 0 Å². The maximum absolute atomic E-state index is 5.18. The summed E-state index contributed by atoms with van der Waals surface area (Å²) in [7, 11) is 0. The van der Waals surface area contributed by atoms with E-state index < -0.39 is 0 Å². The molecule has 2 aromatic heterocycles. The topological polar surface area (TPSA) is 30.7 Å². The molecule has 0 atom stereocenters. The molecule has 0 bridgehead atoms. The Morgan fingerprint density at radius 3 is 1.49 bits per heavy atom. The molecule has 0 spiro atoms. The first-order chi connectivity index (χ1) is 27.3. The van der Waals surface area contributed by atoms with Gasteiger partial charge >= 0.3 is 0 Å². The highest BCUT2D eigenvalue weighted by Gasteiger charge is 2.15. The summed E-state index contributed by atoms with van der Waals surface area (Å²) in [5, 5.41) is 7.18. The van der Waals surface area contributed by atoms with Crippen LogP contribution in [-0.2, 0) is 0 Å². The zero-order chi connectivity index (χ0) is 36.3. The molecule has 0 radical (unpaired) electrons. The van der Waals surface area contributed by atoms with E-state index in [1.165, 1.54) is 66.1 Å². The molecule has 0 fully saturated rings. The molecular weight excluding hydrogens is 667 g/mol. The number of hydrogen-bond acceptors (Lipinski definition) is 2. The fraction of sp³-hybridized carbons (Fsp3) is 0. The molecule has 9 aromatic carbocycles. The molecule has 0 aliphatic heterocycles. The molecular formula is C52H33N3. The molecule has 3 heteroatoms. The Balaban J connectivity index is 0.888. The van der Waals surface area contributed by atoms with Gasteiger partial charge in [-0.15, -0.1) is 0 Å². The van der Waals surface area contributed by atoms with Crippen LogP contribution in [0.1, 0.15) is 0 Å². The average Bonchev–Trinajstić information content (AvgIpc) is 3.60. The number of para-hydroxylation sites is 2. The van der Waals surface area contributed by atoms with Gasteiger partial charge < -0.3 is 4.57 Å². The maximum atomic E-state index is 5.18. The second-order valence-electron chi connectivity index (χ2n) is 14.2. The van der Waals surface area contributed by atoms with Crippen LogP contribution < -0.4 is 0 Å². The summed E-state index contributed by atoms with van der Waals surface area (Å²) in [6.07, 6.45) is 1.91. The van der Waals surface area contributed by atoms with Crippen molar-refractivity contribution in [3.05, 3.63) is 200 Å². The van der Waals surface area contributed by atoms with Crippen molar-refractivity contribution in [3.8, 4) is 50.3 Å². The standard InChI is InChI=1S/C52H33N3/c1-2-13-41(14-3-1)55-49-20-9-8-17-44(49)47-32-40(29-30-50(47)55)39-12-10-11-38(31-39)36-23-21-34(22-24-36)35-25-27-37(28-26-35)48-33-53-51-45-18-6-4-15-42(45)43-16-5-7-19-46(43)52(51)54-48/h1-33H. The van der Waals surface area contributed by atoms with Crippen LogP contribution in [0.25, 0.3) is 105 Å². The number of hydrogen-bond donors (Lipinski definition) is 0. The monoisotopic (exact) mass is 699 g/mol. The Morgan fingerprint density at radius 2 is 0.800 bits per heavy atom. The highest BCUT2D eigenvalue weighted by atomic mass is 15.0. The van der Waals surface area contributed by atoms with Crippen molar-refractivity contribution < 1.29 is 0 Å². The summed E-state index contributed by atoms with van der Waals surface area (Å²) >= 11 is 0. The minimum absolute atomic E-state index is 0.871. The Bertz CT molecular complexity index is 3200. The molecule has 55 heavy (non-hydrogen) atoms. The molecule has 256 valence electrons. The van der Waals surface area contributed by atoms with Gasteiger partial charge in [-0.25, -0.2) is 4.98 Å². The molecule has 11 rings (SSSR count). The van der Waals surface area contributed by atoms with Gasteiger partial charge in [0.15, 0.2) is 0 Å². The van der Waals surface area contributed by atoms with Gasteiger partial charge in [0.2, 0.25) is 0 Å². The highest BCUT2D eigenvalue weighted by Crippen LogP contribution is 2.37. The van der Waals surface area contributed by atoms with Crippen LogP contribution in [-0.4, -0.2) is 14.5 Å². The summed E-state index contributed by atoms with van der Waals surface area (Å²) in [6.45, 7) is 0. The fourth-order valence-corrected chi connectivity index (χ4v) is 8.34. The average molecular weight is 700 g/mol. The molecule has 3 nitrogen and oxygen atoms in total. The number of benzene rings is 9. The first-order valence-corrected chi connectivity index (χ1v) is 18.7. The van der Waals surface area contributed by atoms with E-state index in [4.69, 9.17) is 9.97 Å². The smallest absolute Gasteiger partial charge is 0.0979 e. The predicted octanol–water partition coefficient (Wildman–Crippen LogP) is 13.7. The van der Waals surface area contributed by atoms with Gasteiger partial charge in [-0.2, -0.15) is 0 Å². The van der Waals surface area contributed by atoms with Crippen molar-refractivity contribution in [1.29, 1.82) is 0 Å². The minimum atomic E-state index is 0.871. The van der Waals surface area contributed by atoms with Gasteiger partial charge in [-0.1, -0.05) is 158 Å². The highest BCUT2D eigenvalue weighted by molar-refractivity contribution is 6.23. The second-order valence-corrected chi connectivity index (χ2v) is 14.2. The summed E-state index contributed by atoms with van der Waals surface area (Å²) < 4.78 is 2.36. The van der Waals surface area contributed by atoms with Crippen molar-refractivity contribution in [3.63, 3.8) is 0 Å². The maximum Gasteiger partial charge on any atom is 0.0979 e. The Hall–Kier alpha value is -7.36. The number of aromatic nitrogens is 3. The van der Waals surface area contributed by atoms with E-state index >= 15 is 0 Å². The third kappa shape index (κ3) is 5.20. The van der Waals surface area contributed by atoms with Gasteiger partial charge in [0, 0.05) is 32.8 Å². The van der Waals surface area contributed by atoms with Crippen molar-refractivity contribution in [2.75, 3.05) is 0 Å². The quantitative estimate of drug-likeness (QED) is 0.167. The van der Waals surface area contributed by atoms with Crippen LogP contribution in [0.3, 0.4) is 0 Å². The molecule has 0 aliphatic carbocycles. The van der Waals surface area contributed by atoms with Crippen LogP contribution in [0.4, 0.5) is 0 Å². The van der Waals surface area contributed by atoms with Gasteiger partial charge in [0.25, 0.3) is 0 Å². The summed E-state index contributed by atoms with van der Waals surface area (Å²) in [4.78, 5) is 10.1. The molecule has 0 saturated carbocycles. The lowest BCUT2D eigenvalue weighted by Gasteiger charge is -2.11. The van der Waals surface area contributed by atoms with Crippen LogP contribution >= 0.6 is 0 Å². The third-order valence-corrected chi connectivity index (χ3v) is 11.0. The molecule has 0 N–H and O–H groups in total. The molecule has 11 aromatic rings. The van der Waals surface area contributed by atoms with Gasteiger partial charge in [-0.05, 0) is 80.6 Å². The van der Waals surface area contributed by atoms with Gasteiger partial charge in [0.1, 0.15) is 0 Å². The summed E-state index contributed by atoms with van der Waals surface area (Å²) in [6, 6.07) is 69.6.